The van der Waals surface area contributed by atoms with Crippen LogP contribution in [0.1, 0.15) is 26.7 Å². The highest BCUT2D eigenvalue weighted by molar-refractivity contribution is 5.57. The van der Waals surface area contributed by atoms with E-state index in [2.05, 4.69) is 55.5 Å². The van der Waals surface area contributed by atoms with Crippen molar-refractivity contribution in [3.05, 3.63) is 46.7 Å². The standard InChI is InChI=1S/C17H24N2/c1-4-13-8-12(2)17-15(9-13)16(10-18-17)14-6-5-7-19(3)11-14/h6,8-10,12,17-18H,4-5,7,11H2,1-3H3. The van der Waals surface area contributed by atoms with Gasteiger partial charge >= 0.3 is 0 Å². The van der Waals surface area contributed by atoms with Gasteiger partial charge < -0.3 is 10.2 Å². The molecular formula is C17H24N2. The summed E-state index contributed by atoms with van der Waals surface area (Å²) in [5.74, 6) is 0.589. The molecule has 2 heteroatoms. The molecule has 2 nitrogen and oxygen atoms in total. The molecule has 2 atom stereocenters. The first-order valence-corrected chi connectivity index (χ1v) is 7.46. The molecule has 0 saturated carbocycles. The molecule has 2 heterocycles. The first kappa shape index (κ1) is 12.7. The molecule has 3 aliphatic rings. The van der Waals surface area contributed by atoms with Gasteiger partial charge in [-0.05, 0) is 42.5 Å². The van der Waals surface area contributed by atoms with Crippen LogP contribution in [0.2, 0.25) is 0 Å². The van der Waals surface area contributed by atoms with Crippen LogP contribution in [0.25, 0.3) is 0 Å². The van der Waals surface area contributed by atoms with E-state index in [0.717, 1.165) is 13.0 Å². The Balaban J connectivity index is 1.90. The fourth-order valence-corrected chi connectivity index (χ4v) is 3.38. The molecule has 0 spiro atoms. The molecule has 0 fully saturated rings. The van der Waals surface area contributed by atoms with Gasteiger partial charge in [0.2, 0.25) is 0 Å². The Kier molecular flexibility index (Phi) is 3.36. The predicted octanol–water partition coefficient (Wildman–Crippen LogP) is 3.02. The molecule has 1 N–H and O–H groups in total. The fourth-order valence-electron chi connectivity index (χ4n) is 3.38. The van der Waals surface area contributed by atoms with Crippen LogP contribution >= 0.6 is 0 Å². The topological polar surface area (TPSA) is 15.3 Å². The maximum Gasteiger partial charge on any atom is 0.0575 e. The van der Waals surface area contributed by atoms with E-state index in [4.69, 9.17) is 0 Å². The summed E-state index contributed by atoms with van der Waals surface area (Å²) in [7, 11) is 2.21. The monoisotopic (exact) mass is 256 g/mol. The summed E-state index contributed by atoms with van der Waals surface area (Å²) < 4.78 is 0. The second-order valence-corrected chi connectivity index (χ2v) is 6.01. The van der Waals surface area contributed by atoms with Gasteiger partial charge in [-0.2, -0.15) is 0 Å². The Labute approximate surface area is 116 Å². The van der Waals surface area contributed by atoms with Gasteiger partial charge in [-0.15, -0.1) is 0 Å². The minimum absolute atomic E-state index is 0.485. The summed E-state index contributed by atoms with van der Waals surface area (Å²) in [6, 6.07) is 0.485. The second kappa shape index (κ2) is 5.01. The number of hydrogen-bond donors (Lipinski definition) is 1. The molecular weight excluding hydrogens is 232 g/mol. The smallest absolute Gasteiger partial charge is 0.0575 e. The largest absolute Gasteiger partial charge is 0.383 e. The van der Waals surface area contributed by atoms with Gasteiger partial charge in [0, 0.05) is 19.3 Å². The van der Waals surface area contributed by atoms with Gasteiger partial charge in [-0.3, -0.25) is 0 Å². The Bertz CT molecular complexity index is 493. The number of allylic oxidation sites excluding steroid dienone is 2. The van der Waals surface area contributed by atoms with Crippen LogP contribution in [0.4, 0.5) is 0 Å². The molecule has 2 unspecified atom stereocenters. The zero-order valence-corrected chi connectivity index (χ0v) is 12.2. The molecule has 0 radical (unpaired) electrons. The van der Waals surface area contributed by atoms with Gasteiger partial charge in [-0.1, -0.05) is 37.6 Å². The third kappa shape index (κ3) is 2.30. The van der Waals surface area contributed by atoms with Crippen LogP contribution in [-0.4, -0.2) is 31.1 Å². The predicted molar refractivity (Wildman–Crippen MR) is 80.8 cm³/mol. The Morgan fingerprint density at radius 1 is 1.42 bits per heavy atom. The first-order chi connectivity index (χ1) is 9.19. The molecule has 0 aromatic carbocycles. The van der Waals surface area contributed by atoms with Crippen molar-refractivity contribution in [1.29, 1.82) is 0 Å². The minimum Gasteiger partial charge on any atom is -0.383 e. The quantitative estimate of drug-likeness (QED) is 0.817. The molecule has 102 valence electrons. The fraction of sp³-hybridized carbons (Fsp3) is 0.529. The van der Waals surface area contributed by atoms with E-state index in [1.165, 1.54) is 35.3 Å². The Morgan fingerprint density at radius 2 is 2.26 bits per heavy atom. The van der Waals surface area contributed by atoms with Crippen molar-refractivity contribution < 1.29 is 0 Å². The van der Waals surface area contributed by atoms with E-state index in [1.807, 2.05) is 0 Å². The maximum absolute atomic E-state index is 3.58. The lowest BCUT2D eigenvalue weighted by molar-refractivity contribution is 0.357. The number of nitrogens with one attached hydrogen (secondary N) is 1. The number of hydrogen-bond acceptors (Lipinski definition) is 2. The summed E-state index contributed by atoms with van der Waals surface area (Å²) in [5.41, 5.74) is 5.94. The van der Waals surface area contributed by atoms with Crippen LogP contribution < -0.4 is 5.32 Å². The number of fused-ring (bicyclic) bond motifs is 1. The van der Waals surface area contributed by atoms with Crippen LogP contribution in [0, 0.1) is 5.92 Å². The highest BCUT2D eigenvalue weighted by atomic mass is 15.1. The Morgan fingerprint density at radius 3 is 3.00 bits per heavy atom. The third-order valence-electron chi connectivity index (χ3n) is 4.49. The van der Waals surface area contributed by atoms with Crippen molar-refractivity contribution in [2.75, 3.05) is 20.1 Å². The van der Waals surface area contributed by atoms with Crippen molar-refractivity contribution in [2.24, 2.45) is 5.92 Å². The average Bonchev–Trinajstić information content (AvgIpc) is 2.83. The van der Waals surface area contributed by atoms with Crippen molar-refractivity contribution >= 4 is 0 Å². The molecule has 1 aliphatic carbocycles. The molecule has 0 bridgehead atoms. The van der Waals surface area contributed by atoms with Crippen molar-refractivity contribution in [3.63, 3.8) is 0 Å². The summed E-state index contributed by atoms with van der Waals surface area (Å²) in [6.45, 7) is 6.83. The SMILES string of the molecule is CCC1=CC(C)C2NC=C(C3=CCCN(C)C3)C2=C1. The Hall–Kier alpha value is -1.28. The van der Waals surface area contributed by atoms with E-state index < -0.39 is 0 Å². The molecule has 0 aromatic rings. The van der Waals surface area contributed by atoms with Gasteiger partial charge in [-0.25, -0.2) is 0 Å². The third-order valence-corrected chi connectivity index (χ3v) is 4.49. The second-order valence-electron chi connectivity index (χ2n) is 6.01. The zero-order chi connectivity index (χ0) is 13.4. The number of likely N-dealkylation sites (N-methyl/N-ethyl adjacent to an activating group) is 1. The lowest BCUT2D eigenvalue weighted by atomic mass is 9.82. The van der Waals surface area contributed by atoms with E-state index >= 15 is 0 Å². The summed E-state index contributed by atoms with van der Waals surface area (Å²) in [6.07, 6.45) is 11.8. The van der Waals surface area contributed by atoms with Crippen LogP contribution in [0.15, 0.2) is 46.7 Å². The summed E-state index contributed by atoms with van der Waals surface area (Å²) in [4.78, 5) is 2.41. The van der Waals surface area contributed by atoms with Crippen LogP contribution in [0.3, 0.4) is 0 Å². The van der Waals surface area contributed by atoms with Gasteiger partial charge in [0.1, 0.15) is 0 Å². The van der Waals surface area contributed by atoms with Crippen molar-refractivity contribution in [1.82, 2.24) is 10.2 Å². The van der Waals surface area contributed by atoms with Crippen molar-refractivity contribution in [2.45, 2.75) is 32.7 Å². The first-order valence-electron chi connectivity index (χ1n) is 7.46. The highest BCUT2D eigenvalue weighted by Crippen LogP contribution is 2.36. The van der Waals surface area contributed by atoms with E-state index in [0.29, 0.717) is 12.0 Å². The molecule has 0 amide bonds. The summed E-state index contributed by atoms with van der Waals surface area (Å²) >= 11 is 0. The highest BCUT2D eigenvalue weighted by Gasteiger charge is 2.31. The summed E-state index contributed by atoms with van der Waals surface area (Å²) in [5, 5.41) is 3.58. The van der Waals surface area contributed by atoms with Gasteiger partial charge in [0.25, 0.3) is 0 Å². The maximum atomic E-state index is 3.58. The zero-order valence-electron chi connectivity index (χ0n) is 12.2. The molecule has 19 heavy (non-hydrogen) atoms. The molecule has 2 aliphatic heterocycles. The molecule has 3 rings (SSSR count). The van der Waals surface area contributed by atoms with Gasteiger partial charge in [0.05, 0.1) is 6.04 Å². The van der Waals surface area contributed by atoms with Crippen LogP contribution in [0.5, 0.6) is 0 Å². The molecule has 0 aromatic heterocycles. The normalized spacial score (nSPS) is 30.9. The van der Waals surface area contributed by atoms with E-state index in [-0.39, 0.29) is 0 Å². The minimum atomic E-state index is 0.485. The van der Waals surface area contributed by atoms with E-state index in [9.17, 15) is 0 Å². The lowest BCUT2D eigenvalue weighted by Crippen LogP contribution is -2.31. The van der Waals surface area contributed by atoms with E-state index in [1.54, 1.807) is 0 Å². The van der Waals surface area contributed by atoms with Gasteiger partial charge in [0.15, 0.2) is 0 Å². The van der Waals surface area contributed by atoms with Crippen LogP contribution in [-0.2, 0) is 0 Å². The lowest BCUT2D eigenvalue weighted by Gasteiger charge is -2.28. The van der Waals surface area contributed by atoms with Crippen molar-refractivity contribution in [3.8, 4) is 0 Å². The number of rotatable bonds is 2. The molecule has 0 saturated heterocycles. The number of nitrogens with zero attached hydrogens (tertiary/aromatic N) is 1. The average molecular weight is 256 g/mol.